The molecule has 0 saturated heterocycles. The van der Waals surface area contributed by atoms with Gasteiger partial charge in [-0.1, -0.05) is 41.5 Å². The molecule has 0 saturated carbocycles. The van der Waals surface area contributed by atoms with Gasteiger partial charge >= 0.3 is 0 Å². The Morgan fingerprint density at radius 3 is 1.47 bits per heavy atom. The van der Waals surface area contributed by atoms with Gasteiger partial charge in [0.1, 0.15) is 13.6 Å². The maximum atomic E-state index is 10.5. The van der Waals surface area contributed by atoms with E-state index in [0.29, 0.717) is 11.0 Å². The van der Waals surface area contributed by atoms with Gasteiger partial charge in [0.2, 0.25) is 0 Å². The van der Waals surface area contributed by atoms with Gasteiger partial charge in [-0.2, -0.15) is 0 Å². The fourth-order valence-electron chi connectivity index (χ4n) is 3.46. The van der Waals surface area contributed by atoms with Gasteiger partial charge in [0.15, 0.2) is 11.5 Å². The molecular weight excluding hydrogens is 239 g/mol. The van der Waals surface area contributed by atoms with Crippen molar-refractivity contribution in [1.82, 2.24) is 0 Å². The van der Waals surface area contributed by atoms with Gasteiger partial charge in [0.05, 0.1) is 0 Å². The lowest BCUT2D eigenvalue weighted by atomic mass is 9.59. The Kier molecular flexibility index (Phi) is 2.53. The van der Waals surface area contributed by atoms with E-state index in [1.807, 2.05) is 0 Å². The van der Waals surface area contributed by atoms with E-state index < -0.39 is 0 Å². The van der Waals surface area contributed by atoms with E-state index in [9.17, 15) is 15.3 Å². The van der Waals surface area contributed by atoms with Gasteiger partial charge in [0, 0.05) is 11.1 Å². The molecule has 1 aliphatic rings. The summed E-state index contributed by atoms with van der Waals surface area (Å²) < 4.78 is 0. The van der Waals surface area contributed by atoms with Crippen molar-refractivity contribution in [2.24, 2.45) is 5.41 Å². The highest BCUT2D eigenvalue weighted by molar-refractivity contribution is 6.36. The van der Waals surface area contributed by atoms with Gasteiger partial charge in [-0.15, -0.1) is 0 Å². The second-order valence-electron chi connectivity index (χ2n) is 7.30. The summed E-state index contributed by atoms with van der Waals surface area (Å²) in [5, 5.41) is 30.8. The van der Waals surface area contributed by atoms with Crippen LogP contribution >= 0.6 is 0 Å². The first-order chi connectivity index (χ1) is 8.39. The van der Waals surface area contributed by atoms with Crippen LogP contribution in [0.1, 0.15) is 52.7 Å². The Morgan fingerprint density at radius 2 is 1.05 bits per heavy atom. The van der Waals surface area contributed by atoms with E-state index >= 15 is 0 Å². The van der Waals surface area contributed by atoms with E-state index in [1.165, 1.54) is 0 Å². The van der Waals surface area contributed by atoms with Crippen LogP contribution in [0.3, 0.4) is 0 Å². The highest BCUT2D eigenvalue weighted by Crippen LogP contribution is 2.65. The maximum absolute atomic E-state index is 10.5. The number of phenols is 3. The summed E-state index contributed by atoms with van der Waals surface area (Å²) in [6.45, 7) is 12.5. The molecule has 0 atom stereocenters. The lowest BCUT2D eigenvalue weighted by molar-refractivity contribution is 0.122. The molecular formula is C15H23BO3. The Bertz CT molecular complexity index is 522. The van der Waals surface area contributed by atoms with Crippen molar-refractivity contribution in [2.45, 2.75) is 52.4 Å². The lowest BCUT2D eigenvalue weighted by Crippen LogP contribution is -2.42. The van der Waals surface area contributed by atoms with Gasteiger partial charge in [-0.25, -0.2) is 0 Å². The minimum atomic E-state index is -0.349. The van der Waals surface area contributed by atoms with Crippen molar-refractivity contribution in [3.63, 3.8) is 0 Å². The molecule has 0 amide bonds. The number of hydrogen-bond acceptors (Lipinski definition) is 3. The number of aromatic hydroxyl groups is 3. The average molecular weight is 262 g/mol. The molecule has 0 unspecified atom stereocenters. The molecule has 0 bridgehead atoms. The molecule has 0 heterocycles. The minimum Gasteiger partial charge on any atom is -0.508 e. The zero-order valence-electron chi connectivity index (χ0n) is 12.8. The van der Waals surface area contributed by atoms with Gasteiger partial charge < -0.3 is 15.3 Å². The summed E-state index contributed by atoms with van der Waals surface area (Å²) in [6.07, 6.45) is 0. The van der Waals surface area contributed by atoms with E-state index in [0.717, 1.165) is 5.56 Å². The molecule has 104 valence electrons. The fraction of sp³-hybridized carbons (Fsp3) is 0.600. The highest BCUT2D eigenvalue weighted by atomic mass is 16.3. The van der Waals surface area contributed by atoms with Gasteiger partial charge in [-0.05, 0) is 21.7 Å². The predicted octanol–water partition coefficient (Wildman–Crippen LogP) is 1.66. The molecule has 1 aromatic carbocycles. The summed E-state index contributed by atoms with van der Waals surface area (Å²) >= 11 is 0. The first kappa shape index (κ1) is 14.1. The SMILES string of the molecule is Bc1c(O)c(O)c2c(c1O)C(C)(C)C(C)(C)C2(C)C. The molecule has 1 aromatic rings. The molecule has 0 aromatic heterocycles. The minimum absolute atomic E-state index is 0.0889. The third-order valence-electron chi connectivity index (χ3n) is 6.03. The van der Waals surface area contributed by atoms with E-state index in [1.54, 1.807) is 7.85 Å². The molecule has 1 aliphatic carbocycles. The molecule has 0 radical (unpaired) electrons. The Morgan fingerprint density at radius 1 is 0.684 bits per heavy atom. The van der Waals surface area contributed by atoms with Crippen LogP contribution < -0.4 is 5.46 Å². The molecule has 3 N–H and O–H groups in total. The topological polar surface area (TPSA) is 60.7 Å². The van der Waals surface area contributed by atoms with E-state index in [4.69, 9.17) is 0 Å². The summed E-state index contributed by atoms with van der Waals surface area (Å²) in [5.74, 6) is -0.194. The number of phenolic OH excluding ortho intramolecular Hbond substituents is 3. The fourth-order valence-corrected chi connectivity index (χ4v) is 3.46. The zero-order chi connectivity index (χ0) is 15.0. The summed E-state index contributed by atoms with van der Waals surface area (Å²) in [4.78, 5) is 0. The smallest absolute Gasteiger partial charge is 0.161 e. The number of fused-ring (bicyclic) bond motifs is 1. The van der Waals surface area contributed by atoms with Crippen LogP contribution in [0, 0.1) is 5.41 Å². The van der Waals surface area contributed by atoms with Crippen LogP contribution in [-0.2, 0) is 10.8 Å². The molecule has 0 aliphatic heterocycles. The van der Waals surface area contributed by atoms with Gasteiger partial charge in [0.25, 0.3) is 0 Å². The number of hydrogen-bond donors (Lipinski definition) is 3. The molecule has 19 heavy (non-hydrogen) atoms. The number of benzene rings is 1. The van der Waals surface area contributed by atoms with Crippen LogP contribution in [0.5, 0.6) is 17.2 Å². The normalized spacial score (nSPS) is 22.2. The van der Waals surface area contributed by atoms with Crippen molar-refractivity contribution in [2.75, 3.05) is 0 Å². The molecule has 3 nitrogen and oxygen atoms in total. The predicted molar refractivity (Wildman–Crippen MR) is 79.4 cm³/mol. The standard InChI is InChI=1S/C15H23BO3/c1-13(2)7-8(14(3,4)15(13,5)6)11(18)12(19)9(16)10(7)17/h17-19H,16H2,1-6H3. The Balaban J connectivity index is 3.02. The monoisotopic (exact) mass is 262 g/mol. The van der Waals surface area contributed by atoms with Crippen LogP contribution in [0.25, 0.3) is 0 Å². The molecule has 0 spiro atoms. The molecule has 4 heteroatoms. The van der Waals surface area contributed by atoms with Crippen LogP contribution in [0.4, 0.5) is 0 Å². The quantitative estimate of drug-likeness (QED) is 0.378. The first-order valence-electron chi connectivity index (χ1n) is 6.67. The molecule has 0 fully saturated rings. The van der Waals surface area contributed by atoms with Crippen LogP contribution in [-0.4, -0.2) is 23.2 Å². The van der Waals surface area contributed by atoms with Crippen molar-refractivity contribution in [3.05, 3.63) is 11.1 Å². The molecule has 2 rings (SSSR count). The largest absolute Gasteiger partial charge is 0.508 e. The van der Waals surface area contributed by atoms with Crippen molar-refractivity contribution in [1.29, 1.82) is 0 Å². The van der Waals surface area contributed by atoms with Crippen molar-refractivity contribution >= 4 is 13.3 Å². The third-order valence-corrected chi connectivity index (χ3v) is 6.03. The summed E-state index contributed by atoms with van der Waals surface area (Å²) in [5.41, 5.74) is 0.957. The van der Waals surface area contributed by atoms with E-state index in [-0.39, 0.29) is 33.5 Å². The number of rotatable bonds is 0. The Hall–Kier alpha value is -1.32. The van der Waals surface area contributed by atoms with E-state index in [2.05, 4.69) is 41.5 Å². The van der Waals surface area contributed by atoms with Crippen molar-refractivity contribution in [3.8, 4) is 17.2 Å². The van der Waals surface area contributed by atoms with Crippen molar-refractivity contribution < 1.29 is 15.3 Å². The summed E-state index contributed by atoms with van der Waals surface area (Å²) in [6, 6.07) is 0. The second-order valence-corrected chi connectivity index (χ2v) is 7.30. The zero-order valence-corrected chi connectivity index (χ0v) is 12.8. The maximum Gasteiger partial charge on any atom is 0.161 e. The first-order valence-corrected chi connectivity index (χ1v) is 6.67. The van der Waals surface area contributed by atoms with Gasteiger partial charge in [-0.3, -0.25) is 0 Å². The second kappa shape index (κ2) is 3.41. The Labute approximate surface area is 115 Å². The lowest BCUT2D eigenvalue weighted by Gasteiger charge is -2.44. The highest BCUT2D eigenvalue weighted by Gasteiger charge is 2.59. The van der Waals surface area contributed by atoms with Crippen LogP contribution in [0.2, 0.25) is 0 Å². The average Bonchev–Trinajstić information content (AvgIpc) is 2.39. The summed E-state index contributed by atoms with van der Waals surface area (Å²) in [7, 11) is 1.62. The third kappa shape index (κ3) is 1.30. The van der Waals surface area contributed by atoms with Crippen LogP contribution in [0.15, 0.2) is 0 Å².